The average molecular weight is 263 g/mol. The zero-order valence-corrected chi connectivity index (χ0v) is 11.6. The summed E-state index contributed by atoms with van der Waals surface area (Å²) < 4.78 is 5.25. The Labute approximate surface area is 111 Å². The molecule has 0 fully saturated rings. The van der Waals surface area contributed by atoms with E-state index < -0.39 is 0 Å². The Morgan fingerprint density at radius 3 is 2.61 bits per heavy atom. The first-order valence-corrected chi connectivity index (χ1v) is 7.12. The van der Waals surface area contributed by atoms with E-state index in [1.807, 2.05) is 12.1 Å². The molecule has 1 aromatic heterocycles. The second-order valence-electron chi connectivity index (χ2n) is 4.28. The molecule has 0 amide bonds. The summed E-state index contributed by atoms with van der Waals surface area (Å²) >= 11 is 1.71. The van der Waals surface area contributed by atoms with Crippen molar-refractivity contribution in [2.45, 2.75) is 31.3 Å². The largest absolute Gasteiger partial charge is 0.334 e. The molecular formula is C13H17N3OS. The van der Waals surface area contributed by atoms with Crippen LogP contribution < -0.4 is 5.32 Å². The molecule has 0 aliphatic heterocycles. The van der Waals surface area contributed by atoms with E-state index >= 15 is 0 Å². The molecule has 1 N–H and O–H groups in total. The predicted molar refractivity (Wildman–Crippen MR) is 73.5 cm³/mol. The highest BCUT2D eigenvalue weighted by Crippen LogP contribution is 2.21. The molecule has 0 spiro atoms. The first kappa shape index (κ1) is 13.1. The van der Waals surface area contributed by atoms with Crippen LogP contribution >= 0.6 is 11.8 Å². The Bertz CT molecular complexity index is 493. The maximum atomic E-state index is 5.25. The smallest absolute Gasteiger partial charge is 0.257 e. The lowest BCUT2D eigenvalue weighted by atomic mass is 10.2. The molecule has 1 heterocycles. The molecule has 2 rings (SSSR count). The van der Waals surface area contributed by atoms with E-state index in [2.05, 4.69) is 47.7 Å². The number of nitrogens with zero attached hydrogens (tertiary/aromatic N) is 2. The fraction of sp³-hybridized carbons (Fsp3) is 0.385. The second-order valence-corrected chi connectivity index (χ2v) is 5.16. The number of nitrogens with one attached hydrogen (secondary N) is 1. The third-order valence-electron chi connectivity index (χ3n) is 2.47. The number of hydrogen-bond donors (Lipinski definition) is 1. The van der Waals surface area contributed by atoms with E-state index in [1.54, 1.807) is 11.8 Å². The van der Waals surface area contributed by atoms with Crippen molar-refractivity contribution in [2.24, 2.45) is 0 Å². The molecule has 0 saturated carbocycles. The van der Waals surface area contributed by atoms with E-state index in [-0.39, 0.29) is 0 Å². The van der Waals surface area contributed by atoms with E-state index in [0.29, 0.717) is 24.3 Å². The molecule has 0 atom stereocenters. The number of thioether (sulfide) groups is 1. The highest BCUT2D eigenvalue weighted by Gasteiger charge is 2.08. The van der Waals surface area contributed by atoms with Crippen molar-refractivity contribution in [3.8, 4) is 11.5 Å². The first-order chi connectivity index (χ1) is 8.69. The summed E-state index contributed by atoms with van der Waals surface area (Å²) in [6.07, 6.45) is 2.05. The van der Waals surface area contributed by atoms with E-state index in [4.69, 9.17) is 4.52 Å². The molecule has 96 valence electrons. The van der Waals surface area contributed by atoms with Crippen LogP contribution in [0, 0.1) is 0 Å². The van der Waals surface area contributed by atoms with Crippen molar-refractivity contribution >= 4 is 11.8 Å². The van der Waals surface area contributed by atoms with Crippen LogP contribution in [0.3, 0.4) is 0 Å². The monoisotopic (exact) mass is 263 g/mol. The molecule has 0 aliphatic rings. The van der Waals surface area contributed by atoms with Gasteiger partial charge in [-0.3, -0.25) is 0 Å². The minimum absolute atomic E-state index is 0.410. The van der Waals surface area contributed by atoms with Crippen molar-refractivity contribution in [3.05, 3.63) is 30.1 Å². The SMILES string of the molecule is CSc1ccc(-c2nc(CNC(C)C)no2)cc1. The number of benzene rings is 1. The van der Waals surface area contributed by atoms with Gasteiger partial charge in [0.25, 0.3) is 5.89 Å². The van der Waals surface area contributed by atoms with Crippen molar-refractivity contribution < 1.29 is 4.52 Å². The van der Waals surface area contributed by atoms with Crippen LogP contribution in [0.1, 0.15) is 19.7 Å². The lowest BCUT2D eigenvalue weighted by Gasteiger charge is -2.03. The summed E-state index contributed by atoms with van der Waals surface area (Å²) in [6.45, 7) is 4.80. The van der Waals surface area contributed by atoms with E-state index in [9.17, 15) is 0 Å². The van der Waals surface area contributed by atoms with Gasteiger partial charge in [0.15, 0.2) is 5.82 Å². The molecule has 0 bridgehead atoms. The van der Waals surface area contributed by atoms with Gasteiger partial charge in [0.2, 0.25) is 0 Å². The van der Waals surface area contributed by atoms with Gasteiger partial charge in [0, 0.05) is 16.5 Å². The van der Waals surface area contributed by atoms with E-state index in [1.165, 1.54) is 4.90 Å². The normalized spacial score (nSPS) is 11.1. The van der Waals surface area contributed by atoms with Crippen molar-refractivity contribution in [1.29, 1.82) is 0 Å². The van der Waals surface area contributed by atoms with Gasteiger partial charge < -0.3 is 9.84 Å². The number of hydrogen-bond acceptors (Lipinski definition) is 5. The van der Waals surface area contributed by atoms with Crippen LogP contribution in [-0.4, -0.2) is 22.4 Å². The molecular weight excluding hydrogens is 246 g/mol. The van der Waals surface area contributed by atoms with Gasteiger partial charge >= 0.3 is 0 Å². The summed E-state index contributed by atoms with van der Waals surface area (Å²) in [5, 5.41) is 7.21. The van der Waals surface area contributed by atoms with Gasteiger partial charge in [-0.25, -0.2) is 0 Å². The van der Waals surface area contributed by atoms with Crippen LogP contribution in [-0.2, 0) is 6.54 Å². The summed E-state index contributed by atoms with van der Waals surface area (Å²) in [5.74, 6) is 1.26. The molecule has 0 unspecified atom stereocenters. The predicted octanol–water partition coefficient (Wildman–Crippen LogP) is 2.96. The Morgan fingerprint density at radius 2 is 2.00 bits per heavy atom. The Balaban J connectivity index is 2.08. The molecule has 4 nitrogen and oxygen atoms in total. The van der Waals surface area contributed by atoms with Crippen LogP contribution in [0.25, 0.3) is 11.5 Å². The summed E-state index contributed by atoms with van der Waals surface area (Å²) in [5.41, 5.74) is 0.955. The maximum Gasteiger partial charge on any atom is 0.257 e. The topological polar surface area (TPSA) is 51.0 Å². The van der Waals surface area contributed by atoms with Crippen molar-refractivity contribution in [2.75, 3.05) is 6.26 Å². The van der Waals surface area contributed by atoms with E-state index in [0.717, 1.165) is 5.56 Å². The molecule has 18 heavy (non-hydrogen) atoms. The van der Waals surface area contributed by atoms with Gasteiger partial charge in [-0.15, -0.1) is 11.8 Å². The third kappa shape index (κ3) is 3.34. The lowest BCUT2D eigenvalue weighted by molar-refractivity contribution is 0.417. The summed E-state index contributed by atoms with van der Waals surface area (Å²) in [4.78, 5) is 5.58. The van der Waals surface area contributed by atoms with Gasteiger partial charge in [-0.05, 0) is 30.5 Å². The summed E-state index contributed by atoms with van der Waals surface area (Å²) in [7, 11) is 0. The zero-order chi connectivity index (χ0) is 13.0. The quantitative estimate of drug-likeness (QED) is 0.840. The fourth-order valence-corrected chi connectivity index (χ4v) is 1.88. The zero-order valence-electron chi connectivity index (χ0n) is 10.8. The molecule has 0 aliphatic carbocycles. The molecule has 5 heteroatoms. The Hall–Kier alpha value is -1.33. The third-order valence-corrected chi connectivity index (χ3v) is 3.22. The highest BCUT2D eigenvalue weighted by molar-refractivity contribution is 7.98. The van der Waals surface area contributed by atoms with Crippen LogP contribution in [0.4, 0.5) is 0 Å². The van der Waals surface area contributed by atoms with Gasteiger partial charge in [-0.1, -0.05) is 19.0 Å². The van der Waals surface area contributed by atoms with Crippen molar-refractivity contribution in [1.82, 2.24) is 15.5 Å². The standard InChI is InChI=1S/C13H17N3OS/c1-9(2)14-8-12-15-13(17-16-12)10-4-6-11(18-3)7-5-10/h4-7,9,14H,8H2,1-3H3. The highest BCUT2D eigenvalue weighted by atomic mass is 32.2. The molecule has 0 saturated heterocycles. The number of aromatic nitrogens is 2. The summed E-state index contributed by atoms with van der Waals surface area (Å²) in [6, 6.07) is 8.51. The minimum atomic E-state index is 0.410. The second kappa shape index (κ2) is 6.02. The first-order valence-electron chi connectivity index (χ1n) is 5.89. The van der Waals surface area contributed by atoms with Gasteiger partial charge in [0.1, 0.15) is 0 Å². The fourth-order valence-electron chi connectivity index (χ4n) is 1.47. The van der Waals surface area contributed by atoms with Gasteiger partial charge in [0.05, 0.1) is 6.54 Å². The van der Waals surface area contributed by atoms with Crippen LogP contribution in [0.2, 0.25) is 0 Å². The van der Waals surface area contributed by atoms with Crippen LogP contribution in [0.5, 0.6) is 0 Å². The average Bonchev–Trinajstić information content (AvgIpc) is 2.85. The molecule has 1 aromatic carbocycles. The number of rotatable bonds is 5. The minimum Gasteiger partial charge on any atom is -0.334 e. The van der Waals surface area contributed by atoms with Gasteiger partial charge in [-0.2, -0.15) is 4.98 Å². The lowest BCUT2D eigenvalue weighted by Crippen LogP contribution is -2.22. The van der Waals surface area contributed by atoms with Crippen LogP contribution in [0.15, 0.2) is 33.7 Å². The Kier molecular flexibility index (Phi) is 4.38. The maximum absolute atomic E-state index is 5.25. The van der Waals surface area contributed by atoms with Crippen molar-refractivity contribution in [3.63, 3.8) is 0 Å². The molecule has 2 aromatic rings. The Morgan fingerprint density at radius 1 is 1.28 bits per heavy atom. The molecule has 0 radical (unpaired) electrons.